The van der Waals surface area contributed by atoms with Crippen LogP contribution >= 0.6 is 0 Å². The van der Waals surface area contributed by atoms with E-state index in [0.29, 0.717) is 30.2 Å². The van der Waals surface area contributed by atoms with Crippen molar-refractivity contribution in [1.29, 1.82) is 0 Å². The minimum absolute atomic E-state index is 0.0388. The molecule has 0 bridgehead atoms. The lowest BCUT2D eigenvalue weighted by molar-refractivity contribution is 0.0671. The number of hydrogen-bond donors (Lipinski definition) is 0. The van der Waals surface area contributed by atoms with Gasteiger partial charge in [0.1, 0.15) is 6.61 Å². The molecule has 0 aliphatic rings. The van der Waals surface area contributed by atoms with Crippen molar-refractivity contribution in [3.8, 4) is 11.5 Å². The number of nitrogens with zero attached hydrogens (tertiary/aromatic N) is 1. The molecular formula is C27H31NO3. The highest BCUT2D eigenvalue weighted by molar-refractivity contribution is 5.94. The van der Waals surface area contributed by atoms with Gasteiger partial charge >= 0.3 is 0 Å². The normalized spacial score (nSPS) is 11.6. The second kappa shape index (κ2) is 10.7. The summed E-state index contributed by atoms with van der Waals surface area (Å²) in [6.07, 6.45) is 0.880. The lowest BCUT2D eigenvalue weighted by atomic mass is 10.1. The molecule has 1 atom stereocenters. The van der Waals surface area contributed by atoms with E-state index in [2.05, 4.69) is 13.8 Å². The lowest BCUT2D eigenvalue weighted by Crippen LogP contribution is -2.37. The monoisotopic (exact) mass is 417 g/mol. The quantitative estimate of drug-likeness (QED) is 0.427. The third-order valence-electron chi connectivity index (χ3n) is 5.50. The van der Waals surface area contributed by atoms with E-state index >= 15 is 0 Å². The fourth-order valence-electron chi connectivity index (χ4n) is 3.37. The Morgan fingerprint density at radius 3 is 2.29 bits per heavy atom. The van der Waals surface area contributed by atoms with Crippen molar-refractivity contribution >= 4 is 5.91 Å². The molecule has 0 saturated heterocycles. The number of ether oxygens (including phenoxy) is 2. The molecular weight excluding hydrogens is 386 g/mol. The van der Waals surface area contributed by atoms with Crippen LogP contribution in [0.3, 0.4) is 0 Å². The Kier molecular flexibility index (Phi) is 7.71. The lowest BCUT2D eigenvalue weighted by Gasteiger charge is -2.29. The van der Waals surface area contributed by atoms with Gasteiger partial charge in [-0.25, -0.2) is 0 Å². The van der Waals surface area contributed by atoms with Gasteiger partial charge in [-0.2, -0.15) is 0 Å². The van der Waals surface area contributed by atoms with Gasteiger partial charge < -0.3 is 14.4 Å². The van der Waals surface area contributed by atoms with E-state index in [1.807, 2.05) is 84.6 Å². The standard InChI is InChI=1S/C27H31NO3/c1-5-21(3)28(27(29)24-14-11-20(2)12-15-24)18-23-13-16-25(30-4)26(17-23)31-19-22-9-7-6-8-10-22/h6-17,21H,5,18-19H2,1-4H3. The molecule has 1 unspecified atom stereocenters. The van der Waals surface area contributed by atoms with Crippen LogP contribution in [-0.4, -0.2) is 24.0 Å². The SMILES string of the molecule is CCC(C)N(Cc1ccc(OC)c(OCc2ccccc2)c1)C(=O)c1ccc(C)cc1. The van der Waals surface area contributed by atoms with Crippen LogP contribution in [0.15, 0.2) is 72.8 Å². The molecule has 4 nitrogen and oxygen atoms in total. The van der Waals surface area contributed by atoms with Crippen molar-refractivity contribution in [2.45, 2.75) is 46.4 Å². The second-order valence-corrected chi connectivity index (χ2v) is 7.82. The Morgan fingerprint density at radius 1 is 0.935 bits per heavy atom. The topological polar surface area (TPSA) is 38.8 Å². The van der Waals surface area contributed by atoms with Gasteiger partial charge in [0.25, 0.3) is 5.91 Å². The Balaban J connectivity index is 1.81. The highest BCUT2D eigenvalue weighted by Gasteiger charge is 2.21. The Labute approximate surface area is 185 Å². The van der Waals surface area contributed by atoms with E-state index in [4.69, 9.17) is 9.47 Å². The highest BCUT2D eigenvalue weighted by atomic mass is 16.5. The predicted molar refractivity (Wildman–Crippen MR) is 125 cm³/mol. The molecule has 1 amide bonds. The van der Waals surface area contributed by atoms with Crippen molar-refractivity contribution in [1.82, 2.24) is 4.90 Å². The summed E-state index contributed by atoms with van der Waals surface area (Å²) in [6.45, 7) is 7.17. The highest BCUT2D eigenvalue weighted by Crippen LogP contribution is 2.30. The number of benzene rings is 3. The molecule has 0 fully saturated rings. The number of carbonyl (C=O) groups is 1. The van der Waals surface area contributed by atoms with Crippen molar-refractivity contribution in [3.05, 3.63) is 95.1 Å². The number of carbonyl (C=O) groups excluding carboxylic acids is 1. The number of hydrogen-bond acceptors (Lipinski definition) is 3. The smallest absolute Gasteiger partial charge is 0.254 e. The first-order valence-corrected chi connectivity index (χ1v) is 10.7. The number of amides is 1. The largest absolute Gasteiger partial charge is 0.493 e. The van der Waals surface area contributed by atoms with E-state index < -0.39 is 0 Å². The number of methoxy groups -OCH3 is 1. The summed E-state index contributed by atoms with van der Waals surface area (Å²) in [5.41, 5.74) is 3.94. The molecule has 3 aromatic carbocycles. The van der Waals surface area contributed by atoms with E-state index in [1.165, 1.54) is 0 Å². The van der Waals surface area contributed by atoms with Gasteiger partial charge in [-0.05, 0) is 55.7 Å². The molecule has 0 heterocycles. The zero-order valence-electron chi connectivity index (χ0n) is 18.8. The van der Waals surface area contributed by atoms with Crippen LogP contribution in [0.1, 0.15) is 47.3 Å². The van der Waals surface area contributed by atoms with Gasteiger partial charge in [-0.15, -0.1) is 0 Å². The molecule has 0 saturated carbocycles. The molecule has 0 aromatic heterocycles. The van der Waals surface area contributed by atoms with Crippen LogP contribution in [0.5, 0.6) is 11.5 Å². The fraction of sp³-hybridized carbons (Fsp3) is 0.296. The van der Waals surface area contributed by atoms with Crippen molar-refractivity contribution in [2.75, 3.05) is 7.11 Å². The van der Waals surface area contributed by atoms with Crippen LogP contribution in [0.2, 0.25) is 0 Å². The van der Waals surface area contributed by atoms with Crippen LogP contribution in [0, 0.1) is 6.92 Å². The van der Waals surface area contributed by atoms with Crippen LogP contribution in [0.25, 0.3) is 0 Å². The molecule has 31 heavy (non-hydrogen) atoms. The first kappa shape index (κ1) is 22.4. The molecule has 0 aliphatic heterocycles. The number of rotatable bonds is 9. The van der Waals surface area contributed by atoms with E-state index in [9.17, 15) is 4.79 Å². The third kappa shape index (κ3) is 5.88. The van der Waals surface area contributed by atoms with Gasteiger partial charge in [0.05, 0.1) is 7.11 Å². The molecule has 0 radical (unpaired) electrons. The molecule has 4 heteroatoms. The Bertz CT molecular complexity index is 983. The van der Waals surface area contributed by atoms with Gasteiger partial charge in [0.2, 0.25) is 0 Å². The molecule has 0 N–H and O–H groups in total. The van der Waals surface area contributed by atoms with Crippen molar-refractivity contribution in [2.24, 2.45) is 0 Å². The summed E-state index contributed by atoms with van der Waals surface area (Å²) in [6, 6.07) is 23.8. The second-order valence-electron chi connectivity index (χ2n) is 7.82. The minimum atomic E-state index is 0.0388. The van der Waals surface area contributed by atoms with Gasteiger partial charge in [0, 0.05) is 18.2 Å². The van der Waals surface area contributed by atoms with Gasteiger partial charge in [-0.3, -0.25) is 4.79 Å². The first-order valence-electron chi connectivity index (χ1n) is 10.7. The maximum atomic E-state index is 13.2. The minimum Gasteiger partial charge on any atom is -0.493 e. The number of aryl methyl sites for hydroxylation is 1. The van der Waals surface area contributed by atoms with E-state index in [-0.39, 0.29) is 11.9 Å². The summed E-state index contributed by atoms with van der Waals surface area (Å²) >= 11 is 0. The molecule has 3 aromatic rings. The zero-order chi connectivity index (χ0) is 22.2. The maximum absolute atomic E-state index is 13.2. The van der Waals surface area contributed by atoms with Crippen LogP contribution in [-0.2, 0) is 13.2 Å². The maximum Gasteiger partial charge on any atom is 0.254 e. The van der Waals surface area contributed by atoms with Crippen LogP contribution in [0.4, 0.5) is 0 Å². The van der Waals surface area contributed by atoms with Crippen LogP contribution < -0.4 is 9.47 Å². The zero-order valence-corrected chi connectivity index (χ0v) is 18.8. The third-order valence-corrected chi connectivity index (χ3v) is 5.50. The van der Waals surface area contributed by atoms with Crippen molar-refractivity contribution < 1.29 is 14.3 Å². The summed E-state index contributed by atoms with van der Waals surface area (Å²) in [4.78, 5) is 15.2. The van der Waals surface area contributed by atoms with Gasteiger partial charge in [-0.1, -0.05) is 61.0 Å². The average Bonchev–Trinajstić information content (AvgIpc) is 2.81. The average molecular weight is 418 g/mol. The first-order chi connectivity index (χ1) is 15.0. The molecule has 0 aliphatic carbocycles. The summed E-state index contributed by atoms with van der Waals surface area (Å²) < 4.78 is 11.5. The summed E-state index contributed by atoms with van der Waals surface area (Å²) in [5.74, 6) is 1.40. The summed E-state index contributed by atoms with van der Waals surface area (Å²) in [7, 11) is 1.64. The van der Waals surface area contributed by atoms with Gasteiger partial charge in [0.15, 0.2) is 11.5 Å². The molecule has 3 rings (SSSR count). The summed E-state index contributed by atoms with van der Waals surface area (Å²) in [5, 5.41) is 0. The van der Waals surface area contributed by atoms with Crippen molar-refractivity contribution in [3.63, 3.8) is 0 Å². The van der Waals surface area contributed by atoms with E-state index in [1.54, 1.807) is 7.11 Å². The molecule has 0 spiro atoms. The predicted octanol–water partition coefficient (Wildman–Crippen LogP) is 6.02. The molecule has 162 valence electrons. The Morgan fingerprint density at radius 2 is 1.65 bits per heavy atom. The Hall–Kier alpha value is -3.27. The van der Waals surface area contributed by atoms with E-state index in [0.717, 1.165) is 23.1 Å². The fourth-order valence-corrected chi connectivity index (χ4v) is 3.37.